The predicted molar refractivity (Wildman–Crippen MR) is 99.2 cm³/mol. The zero-order valence-electron chi connectivity index (χ0n) is 14.7. The second-order valence-corrected chi connectivity index (χ2v) is 8.26. The quantitative estimate of drug-likeness (QED) is 0.755. The van der Waals surface area contributed by atoms with Gasteiger partial charge in [-0.3, -0.25) is 9.10 Å². The second-order valence-electron chi connectivity index (χ2n) is 6.40. The van der Waals surface area contributed by atoms with Crippen LogP contribution in [0.1, 0.15) is 28.6 Å². The number of hydrogen-bond donors (Lipinski definition) is 0. The highest BCUT2D eigenvalue weighted by Gasteiger charge is 2.33. The summed E-state index contributed by atoms with van der Waals surface area (Å²) < 4.78 is 30.7. The van der Waals surface area contributed by atoms with Gasteiger partial charge in [0.25, 0.3) is 5.91 Å². The van der Waals surface area contributed by atoms with Gasteiger partial charge >= 0.3 is 0 Å². The number of carbonyl (C=O) groups excluding carboxylic acids is 1. The standard InChI is InChI=1S/C19H20N2O4S/c1-4-9-20(13-17-6-5-10-25-17)19(22)15-7-8-18-16(12-15)11-14(2)21(18)26(3,23)24/h1,5-8,10,12,14H,9,11,13H2,2-3H3. The van der Waals surface area contributed by atoms with Gasteiger partial charge in [0.15, 0.2) is 0 Å². The van der Waals surface area contributed by atoms with E-state index in [1.54, 1.807) is 36.6 Å². The summed E-state index contributed by atoms with van der Waals surface area (Å²) in [5, 5.41) is 0. The fourth-order valence-corrected chi connectivity index (χ4v) is 4.59. The number of anilines is 1. The highest BCUT2D eigenvalue weighted by molar-refractivity contribution is 7.92. The molecule has 0 saturated carbocycles. The maximum atomic E-state index is 12.9. The van der Waals surface area contributed by atoms with Gasteiger partial charge in [-0.15, -0.1) is 6.42 Å². The lowest BCUT2D eigenvalue weighted by molar-refractivity contribution is 0.0755. The van der Waals surface area contributed by atoms with Crippen LogP contribution in [0.5, 0.6) is 0 Å². The molecule has 136 valence electrons. The minimum atomic E-state index is -3.36. The van der Waals surface area contributed by atoms with Crippen LogP contribution >= 0.6 is 0 Å². The SMILES string of the molecule is C#CCN(Cc1ccco1)C(=O)c1ccc2c(c1)CC(C)N2S(C)(=O)=O. The Balaban J connectivity index is 1.89. The van der Waals surface area contributed by atoms with Gasteiger partial charge in [-0.1, -0.05) is 5.92 Å². The van der Waals surface area contributed by atoms with E-state index in [-0.39, 0.29) is 25.0 Å². The molecule has 1 amide bonds. The number of fused-ring (bicyclic) bond motifs is 1. The number of nitrogens with zero attached hydrogens (tertiary/aromatic N) is 2. The average Bonchev–Trinajstić information content (AvgIpc) is 3.18. The molecule has 0 radical (unpaired) electrons. The Hall–Kier alpha value is -2.72. The molecule has 2 aromatic rings. The average molecular weight is 372 g/mol. The first-order valence-corrected chi connectivity index (χ1v) is 10.0. The monoisotopic (exact) mass is 372 g/mol. The summed E-state index contributed by atoms with van der Waals surface area (Å²) in [6.07, 6.45) is 8.70. The minimum Gasteiger partial charge on any atom is -0.467 e. The van der Waals surface area contributed by atoms with E-state index in [9.17, 15) is 13.2 Å². The van der Waals surface area contributed by atoms with E-state index in [1.165, 1.54) is 15.5 Å². The largest absolute Gasteiger partial charge is 0.467 e. The predicted octanol–water partition coefficient (Wildman–Crippen LogP) is 2.27. The van der Waals surface area contributed by atoms with Crippen molar-refractivity contribution in [2.75, 3.05) is 17.1 Å². The van der Waals surface area contributed by atoms with Gasteiger partial charge in [0.05, 0.1) is 31.3 Å². The van der Waals surface area contributed by atoms with E-state index in [0.717, 1.165) is 5.56 Å². The Labute approximate surface area is 153 Å². The molecule has 0 N–H and O–H groups in total. The number of amides is 1. The molecule has 1 aliphatic rings. The summed E-state index contributed by atoms with van der Waals surface area (Å²) in [6.45, 7) is 2.28. The topological polar surface area (TPSA) is 70.8 Å². The Morgan fingerprint density at radius 1 is 1.42 bits per heavy atom. The fourth-order valence-electron chi connectivity index (χ4n) is 3.32. The molecular weight excluding hydrogens is 352 g/mol. The van der Waals surface area contributed by atoms with Crippen molar-refractivity contribution in [1.82, 2.24) is 4.90 Å². The Bertz CT molecular complexity index is 958. The van der Waals surface area contributed by atoms with Gasteiger partial charge in [0.1, 0.15) is 5.76 Å². The van der Waals surface area contributed by atoms with E-state index < -0.39 is 10.0 Å². The molecule has 26 heavy (non-hydrogen) atoms. The van der Waals surface area contributed by atoms with Gasteiger partial charge in [-0.2, -0.15) is 0 Å². The lowest BCUT2D eigenvalue weighted by Crippen LogP contribution is -2.34. The van der Waals surface area contributed by atoms with Crippen LogP contribution in [0.15, 0.2) is 41.0 Å². The third kappa shape index (κ3) is 3.46. The van der Waals surface area contributed by atoms with Crippen LogP contribution in [0.2, 0.25) is 0 Å². The molecule has 0 aliphatic carbocycles. The van der Waals surface area contributed by atoms with Crippen molar-refractivity contribution in [2.24, 2.45) is 0 Å². The highest BCUT2D eigenvalue weighted by atomic mass is 32.2. The molecule has 2 heterocycles. The first-order valence-electron chi connectivity index (χ1n) is 8.18. The van der Waals surface area contributed by atoms with Crippen molar-refractivity contribution in [1.29, 1.82) is 0 Å². The molecule has 0 fully saturated rings. The van der Waals surface area contributed by atoms with E-state index in [2.05, 4.69) is 5.92 Å². The number of carbonyl (C=O) groups is 1. The zero-order chi connectivity index (χ0) is 18.9. The summed E-state index contributed by atoms with van der Waals surface area (Å²) in [5.74, 6) is 2.92. The van der Waals surface area contributed by atoms with Crippen LogP contribution in [0, 0.1) is 12.3 Å². The zero-order valence-corrected chi connectivity index (χ0v) is 15.5. The van der Waals surface area contributed by atoms with Gasteiger partial charge in [0.2, 0.25) is 10.0 Å². The Kier molecular flexibility index (Phi) is 4.79. The third-order valence-electron chi connectivity index (χ3n) is 4.33. The van der Waals surface area contributed by atoms with Crippen molar-refractivity contribution in [3.05, 3.63) is 53.5 Å². The summed E-state index contributed by atoms with van der Waals surface area (Å²) in [4.78, 5) is 14.4. The first-order chi connectivity index (χ1) is 12.3. The molecule has 1 aromatic carbocycles. The highest BCUT2D eigenvalue weighted by Crippen LogP contribution is 2.35. The molecular formula is C19H20N2O4S. The van der Waals surface area contributed by atoms with Crippen LogP contribution in [0.4, 0.5) is 5.69 Å². The molecule has 3 rings (SSSR count). The summed E-state index contributed by atoms with van der Waals surface area (Å²) in [5.41, 5.74) is 1.95. The van der Waals surface area contributed by atoms with Gasteiger partial charge in [-0.25, -0.2) is 8.42 Å². The van der Waals surface area contributed by atoms with E-state index in [0.29, 0.717) is 23.4 Å². The number of hydrogen-bond acceptors (Lipinski definition) is 4. The number of benzene rings is 1. The van der Waals surface area contributed by atoms with Crippen molar-refractivity contribution in [3.63, 3.8) is 0 Å². The summed E-state index contributed by atoms with van der Waals surface area (Å²) >= 11 is 0. The Morgan fingerprint density at radius 2 is 2.19 bits per heavy atom. The maximum Gasteiger partial charge on any atom is 0.255 e. The lowest BCUT2D eigenvalue weighted by atomic mass is 10.1. The van der Waals surface area contributed by atoms with Crippen molar-refractivity contribution < 1.29 is 17.6 Å². The molecule has 7 heteroatoms. The smallest absolute Gasteiger partial charge is 0.255 e. The molecule has 0 saturated heterocycles. The molecule has 1 aromatic heterocycles. The van der Waals surface area contributed by atoms with E-state index >= 15 is 0 Å². The van der Waals surface area contributed by atoms with Crippen molar-refractivity contribution in [3.8, 4) is 12.3 Å². The van der Waals surface area contributed by atoms with Crippen molar-refractivity contribution >= 4 is 21.6 Å². The number of furan rings is 1. The van der Waals surface area contributed by atoms with Crippen LogP contribution in [0.25, 0.3) is 0 Å². The normalized spacial score (nSPS) is 16.2. The first kappa shape index (κ1) is 18.1. The molecule has 1 aliphatic heterocycles. The van der Waals surface area contributed by atoms with E-state index in [4.69, 9.17) is 10.8 Å². The maximum absolute atomic E-state index is 12.9. The van der Waals surface area contributed by atoms with Crippen LogP contribution < -0.4 is 4.31 Å². The Morgan fingerprint density at radius 3 is 2.81 bits per heavy atom. The van der Waals surface area contributed by atoms with Crippen LogP contribution in [-0.2, 0) is 23.0 Å². The molecule has 0 bridgehead atoms. The van der Waals surface area contributed by atoms with Crippen LogP contribution in [0.3, 0.4) is 0 Å². The minimum absolute atomic E-state index is 0.155. The van der Waals surface area contributed by atoms with Gasteiger partial charge in [-0.05, 0) is 49.2 Å². The molecule has 0 spiro atoms. The number of terminal acetylenes is 1. The second kappa shape index (κ2) is 6.89. The number of rotatable bonds is 5. The van der Waals surface area contributed by atoms with E-state index in [1.807, 2.05) is 6.92 Å². The van der Waals surface area contributed by atoms with Gasteiger partial charge < -0.3 is 9.32 Å². The fraction of sp³-hybridized carbons (Fsp3) is 0.316. The van der Waals surface area contributed by atoms with Gasteiger partial charge in [0, 0.05) is 11.6 Å². The van der Waals surface area contributed by atoms with Crippen molar-refractivity contribution in [2.45, 2.75) is 25.9 Å². The molecule has 6 nitrogen and oxygen atoms in total. The summed E-state index contributed by atoms with van der Waals surface area (Å²) in [7, 11) is -3.36. The number of sulfonamides is 1. The summed E-state index contributed by atoms with van der Waals surface area (Å²) in [6, 6.07) is 8.45. The molecule has 1 unspecified atom stereocenters. The lowest BCUT2D eigenvalue weighted by Gasteiger charge is -2.22. The molecule has 1 atom stereocenters. The third-order valence-corrected chi connectivity index (χ3v) is 5.60. The van der Waals surface area contributed by atoms with Crippen LogP contribution in [-0.4, -0.2) is 38.1 Å².